The molecule has 0 saturated carbocycles. The summed E-state index contributed by atoms with van der Waals surface area (Å²) in [6, 6.07) is 11.0. The van der Waals surface area contributed by atoms with E-state index in [9.17, 15) is 0 Å². The second-order valence-electron chi connectivity index (χ2n) is 5.95. The number of halogens is 4. The zero-order valence-electron chi connectivity index (χ0n) is 14.5. The lowest BCUT2D eigenvalue weighted by Gasteiger charge is -2.41. The Labute approximate surface area is 184 Å². The summed E-state index contributed by atoms with van der Waals surface area (Å²) in [5, 5.41) is 5.04. The first-order valence-corrected chi connectivity index (χ1v) is 12.4. The first-order chi connectivity index (χ1) is 12.8. The molecule has 1 heterocycles. The van der Waals surface area contributed by atoms with E-state index in [1.807, 2.05) is 18.2 Å². The maximum atomic E-state index is 6.26. The largest absolute Gasteiger partial charge is 0.439 e. The molecule has 0 aliphatic carbocycles. The molecule has 1 fully saturated rings. The monoisotopic (exact) mass is 483 g/mol. The van der Waals surface area contributed by atoms with Gasteiger partial charge in [-0.15, -0.1) is 0 Å². The van der Waals surface area contributed by atoms with E-state index in [1.165, 1.54) is 0 Å². The van der Waals surface area contributed by atoms with Crippen molar-refractivity contribution in [1.82, 2.24) is 9.76 Å². The van der Waals surface area contributed by atoms with Crippen molar-refractivity contribution in [1.29, 1.82) is 0 Å². The van der Waals surface area contributed by atoms with Gasteiger partial charge in [0.1, 0.15) is 5.75 Å². The smallest absolute Gasteiger partial charge is 0.250 e. The first kappa shape index (κ1) is 21.5. The van der Waals surface area contributed by atoms with E-state index in [2.05, 4.69) is 20.7 Å². The fraction of sp³-hybridized carbons (Fsp3) is 0.294. The standard InChI is InChI=1S/C17H18Cl4N3OPS/c1-22-26(27,25-17-11-15(20)14(19)10-16(17)21)24-7-5-23(6-8-24)13-4-2-3-12(18)9-13/h2-4,9-11H,5-8H2,1H3,(H,22,27). The summed E-state index contributed by atoms with van der Waals surface area (Å²) >= 11 is 30.3. The highest BCUT2D eigenvalue weighted by molar-refractivity contribution is 8.10. The Morgan fingerprint density at radius 2 is 1.63 bits per heavy atom. The number of hydrogen-bond acceptors (Lipinski definition) is 3. The van der Waals surface area contributed by atoms with Crippen molar-refractivity contribution in [2.45, 2.75) is 0 Å². The van der Waals surface area contributed by atoms with Crippen molar-refractivity contribution < 1.29 is 4.52 Å². The Kier molecular flexibility index (Phi) is 7.21. The van der Waals surface area contributed by atoms with Crippen molar-refractivity contribution in [3.8, 4) is 5.75 Å². The highest BCUT2D eigenvalue weighted by Gasteiger charge is 2.31. The van der Waals surface area contributed by atoms with Crippen LogP contribution in [0.4, 0.5) is 5.69 Å². The fourth-order valence-electron chi connectivity index (χ4n) is 2.84. The van der Waals surface area contributed by atoms with Crippen LogP contribution < -0.4 is 14.5 Å². The Bertz CT molecular complexity index is 877. The molecule has 3 rings (SSSR count). The minimum atomic E-state index is -2.51. The fourth-order valence-corrected chi connectivity index (χ4v) is 6.00. The van der Waals surface area contributed by atoms with Gasteiger partial charge in [0.2, 0.25) is 6.57 Å². The molecule has 0 amide bonds. The van der Waals surface area contributed by atoms with Gasteiger partial charge in [0, 0.05) is 43.0 Å². The van der Waals surface area contributed by atoms with Crippen molar-refractivity contribution in [3.63, 3.8) is 0 Å². The zero-order valence-corrected chi connectivity index (χ0v) is 19.2. The topological polar surface area (TPSA) is 27.7 Å². The van der Waals surface area contributed by atoms with Gasteiger partial charge in [-0.05, 0) is 43.1 Å². The maximum Gasteiger partial charge on any atom is 0.250 e. The van der Waals surface area contributed by atoms with Crippen LogP contribution in [0, 0.1) is 0 Å². The Hall–Kier alpha value is -0.230. The van der Waals surface area contributed by atoms with Gasteiger partial charge >= 0.3 is 0 Å². The maximum absolute atomic E-state index is 6.26. The van der Waals surface area contributed by atoms with Crippen molar-refractivity contribution in [2.24, 2.45) is 0 Å². The lowest BCUT2D eigenvalue weighted by atomic mass is 10.2. The van der Waals surface area contributed by atoms with Crippen molar-refractivity contribution in [3.05, 3.63) is 56.5 Å². The molecule has 2 aromatic rings. The van der Waals surface area contributed by atoms with Gasteiger partial charge in [-0.25, -0.2) is 9.76 Å². The molecule has 1 aliphatic heterocycles. The molecule has 1 aliphatic rings. The Balaban J connectivity index is 1.73. The van der Waals surface area contributed by atoms with Crippen LogP contribution >= 0.6 is 53.0 Å². The predicted molar refractivity (Wildman–Crippen MR) is 121 cm³/mol. The molecule has 27 heavy (non-hydrogen) atoms. The van der Waals surface area contributed by atoms with Crippen LogP contribution in [0.1, 0.15) is 0 Å². The lowest BCUT2D eigenvalue weighted by Crippen LogP contribution is -2.46. The minimum absolute atomic E-state index is 0.375. The molecule has 146 valence electrons. The molecule has 1 atom stereocenters. The third-order valence-electron chi connectivity index (χ3n) is 4.28. The average molecular weight is 485 g/mol. The molecule has 1 unspecified atom stereocenters. The molecule has 10 heteroatoms. The van der Waals surface area contributed by atoms with E-state index in [4.69, 9.17) is 62.7 Å². The third kappa shape index (κ3) is 5.04. The number of nitrogens with one attached hydrogen (secondary N) is 1. The van der Waals surface area contributed by atoms with Gasteiger partial charge in [0.05, 0.1) is 15.1 Å². The van der Waals surface area contributed by atoms with Crippen molar-refractivity contribution >= 4 is 70.5 Å². The Morgan fingerprint density at radius 1 is 0.963 bits per heavy atom. The number of nitrogens with zero attached hydrogens (tertiary/aromatic N) is 2. The quantitative estimate of drug-likeness (QED) is 0.418. The highest BCUT2D eigenvalue weighted by Crippen LogP contribution is 2.50. The zero-order chi connectivity index (χ0) is 19.6. The van der Waals surface area contributed by atoms with Crippen LogP contribution in [0.3, 0.4) is 0 Å². The van der Waals surface area contributed by atoms with Gasteiger partial charge in [-0.2, -0.15) is 0 Å². The SMILES string of the molecule is CNP(=S)(Oc1cc(Cl)c(Cl)cc1Cl)N1CCN(c2cccc(Cl)c2)CC1. The normalized spacial score (nSPS) is 17.6. The number of rotatable bonds is 5. The van der Waals surface area contributed by atoms with Gasteiger partial charge < -0.3 is 9.42 Å². The number of hydrogen-bond donors (Lipinski definition) is 1. The van der Waals surface area contributed by atoms with E-state index in [-0.39, 0.29) is 0 Å². The molecular formula is C17H18Cl4N3OPS. The van der Waals surface area contributed by atoms with Crippen molar-refractivity contribution in [2.75, 3.05) is 38.1 Å². The second kappa shape index (κ2) is 9.06. The molecule has 0 radical (unpaired) electrons. The van der Waals surface area contributed by atoms with Gasteiger partial charge in [0.15, 0.2) is 0 Å². The summed E-state index contributed by atoms with van der Waals surface area (Å²) < 4.78 is 8.30. The first-order valence-electron chi connectivity index (χ1n) is 8.21. The summed E-state index contributed by atoms with van der Waals surface area (Å²) in [7, 11) is 1.80. The molecule has 0 aromatic heterocycles. The van der Waals surface area contributed by atoms with Crippen LogP contribution in [0.5, 0.6) is 5.75 Å². The second-order valence-corrected chi connectivity index (χ2v) is 11.3. The summed E-state index contributed by atoms with van der Waals surface area (Å²) in [5.41, 5.74) is 1.10. The van der Waals surface area contributed by atoms with Crippen LogP contribution in [-0.4, -0.2) is 37.9 Å². The van der Waals surface area contributed by atoms with Crippen LogP contribution in [0.25, 0.3) is 0 Å². The Morgan fingerprint density at radius 3 is 2.26 bits per heavy atom. The van der Waals surface area contributed by atoms with E-state index >= 15 is 0 Å². The molecule has 2 aromatic carbocycles. The van der Waals surface area contributed by atoms with Crippen LogP contribution in [0.15, 0.2) is 36.4 Å². The van der Waals surface area contributed by atoms with E-state index in [1.54, 1.807) is 19.2 Å². The van der Waals surface area contributed by atoms with E-state index in [0.717, 1.165) is 36.9 Å². The predicted octanol–water partition coefficient (Wildman–Crippen LogP) is 5.95. The molecule has 0 bridgehead atoms. The van der Waals surface area contributed by atoms with Gasteiger partial charge in [-0.3, -0.25) is 0 Å². The third-order valence-corrected chi connectivity index (χ3v) is 9.15. The summed E-state index contributed by atoms with van der Waals surface area (Å²) in [5.74, 6) is 0.432. The summed E-state index contributed by atoms with van der Waals surface area (Å²) in [6.45, 7) is 0.634. The summed E-state index contributed by atoms with van der Waals surface area (Å²) in [4.78, 5) is 2.28. The van der Waals surface area contributed by atoms with E-state index < -0.39 is 6.57 Å². The van der Waals surface area contributed by atoms with Gasteiger partial charge in [0.25, 0.3) is 0 Å². The lowest BCUT2D eigenvalue weighted by molar-refractivity contribution is 0.376. The highest BCUT2D eigenvalue weighted by atomic mass is 35.5. The van der Waals surface area contributed by atoms with Crippen LogP contribution in [0.2, 0.25) is 20.1 Å². The van der Waals surface area contributed by atoms with Gasteiger partial charge in [-0.1, -0.05) is 52.5 Å². The van der Waals surface area contributed by atoms with E-state index in [0.29, 0.717) is 20.8 Å². The number of benzene rings is 2. The molecule has 1 N–H and O–H groups in total. The molecule has 0 spiro atoms. The molecular weight excluding hydrogens is 467 g/mol. The van der Waals surface area contributed by atoms with Crippen LogP contribution in [-0.2, 0) is 11.8 Å². The summed E-state index contributed by atoms with van der Waals surface area (Å²) in [6.07, 6.45) is 0. The molecule has 1 saturated heterocycles. The average Bonchev–Trinajstić information content (AvgIpc) is 2.66. The number of anilines is 1. The minimum Gasteiger partial charge on any atom is -0.439 e. The number of piperazine rings is 1. The molecule has 4 nitrogen and oxygen atoms in total.